The maximum atomic E-state index is 12.4. The number of fused-ring (bicyclic) bond motifs is 1. The van der Waals surface area contributed by atoms with E-state index in [4.69, 9.17) is 5.11 Å². The quantitative estimate of drug-likeness (QED) is 0.264. The second kappa shape index (κ2) is 9.20. The van der Waals surface area contributed by atoms with Crippen molar-refractivity contribution in [2.45, 2.75) is 25.8 Å². The second-order valence-corrected chi connectivity index (χ2v) is 7.00. The van der Waals surface area contributed by atoms with Crippen molar-refractivity contribution in [2.75, 3.05) is 25.0 Å². The normalized spacial score (nSPS) is 17.1. The molecule has 1 aliphatic heterocycles. The molecule has 12 heteroatoms. The third-order valence-electron chi connectivity index (χ3n) is 4.66. The van der Waals surface area contributed by atoms with E-state index in [1.54, 1.807) is 12.3 Å². The van der Waals surface area contributed by atoms with Crippen LogP contribution >= 0.6 is 0 Å². The molecule has 1 fully saturated rings. The number of hydrogen-bond donors (Lipinski definition) is 5. The van der Waals surface area contributed by atoms with Crippen LogP contribution in [-0.2, 0) is 14.4 Å². The summed E-state index contributed by atoms with van der Waals surface area (Å²) < 4.78 is 0. The van der Waals surface area contributed by atoms with Crippen molar-refractivity contribution >= 4 is 40.9 Å². The van der Waals surface area contributed by atoms with Gasteiger partial charge in [0.2, 0.25) is 11.9 Å². The molecule has 0 radical (unpaired) electrons. The Labute approximate surface area is 171 Å². The fourth-order valence-corrected chi connectivity index (χ4v) is 2.92. The number of anilines is 1. The largest absolute Gasteiger partial charge is 0.481 e. The average Bonchev–Trinajstić information content (AvgIpc) is 3.24. The summed E-state index contributed by atoms with van der Waals surface area (Å²) in [6.07, 6.45) is 2.63. The van der Waals surface area contributed by atoms with Gasteiger partial charge in [-0.2, -0.15) is 4.98 Å². The molecule has 160 valence electrons. The Morgan fingerprint density at radius 2 is 2.17 bits per heavy atom. The molecular formula is C18H23N7O5. The van der Waals surface area contributed by atoms with Crippen LogP contribution in [0.25, 0.3) is 11.2 Å². The van der Waals surface area contributed by atoms with E-state index >= 15 is 0 Å². The Bertz CT molecular complexity index is 926. The third-order valence-corrected chi connectivity index (χ3v) is 4.66. The first-order chi connectivity index (χ1) is 14.3. The molecule has 0 spiro atoms. The molecule has 3 heterocycles. The number of imide groups is 1. The van der Waals surface area contributed by atoms with Crippen molar-refractivity contribution in [3.05, 3.63) is 18.3 Å². The molecular weight excluding hydrogens is 394 g/mol. The van der Waals surface area contributed by atoms with Crippen LogP contribution in [-0.4, -0.2) is 74.4 Å². The number of urea groups is 1. The Morgan fingerprint density at radius 1 is 1.37 bits per heavy atom. The minimum Gasteiger partial charge on any atom is -0.481 e. The Balaban J connectivity index is 1.41. The van der Waals surface area contributed by atoms with E-state index in [9.17, 15) is 19.2 Å². The molecule has 0 aliphatic carbocycles. The van der Waals surface area contributed by atoms with Gasteiger partial charge >= 0.3 is 12.0 Å². The summed E-state index contributed by atoms with van der Waals surface area (Å²) >= 11 is 0. The van der Waals surface area contributed by atoms with Gasteiger partial charge in [0.15, 0.2) is 5.65 Å². The highest BCUT2D eigenvalue weighted by molar-refractivity contribution is 6.06. The van der Waals surface area contributed by atoms with Crippen LogP contribution in [0.4, 0.5) is 10.7 Å². The number of nitrogens with zero attached hydrogens (tertiary/aromatic N) is 3. The zero-order valence-electron chi connectivity index (χ0n) is 16.3. The molecule has 0 aromatic carbocycles. The molecule has 30 heavy (non-hydrogen) atoms. The monoisotopic (exact) mass is 417 g/mol. The van der Waals surface area contributed by atoms with Crippen LogP contribution in [0, 0.1) is 5.92 Å². The van der Waals surface area contributed by atoms with Crippen molar-refractivity contribution in [2.24, 2.45) is 5.92 Å². The minimum absolute atomic E-state index is 0.0791. The second-order valence-electron chi connectivity index (χ2n) is 7.00. The van der Waals surface area contributed by atoms with Crippen molar-refractivity contribution in [3.8, 4) is 0 Å². The highest BCUT2D eigenvalue weighted by atomic mass is 16.4. The summed E-state index contributed by atoms with van der Waals surface area (Å²) in [6, 6.07) is 2.32. The molecule has 2 aromatic heterocycles. The van der Waals surface area contributed by atoms with Gasteiger partial charge in [-0.05, 0) is 25.0 Å². The highest BCUT2D eigenvalue weighted by Crippen LogP contribution is 2.13. The highest BCUT2D eigenvalue weighted by Gasteiger charge is 2.38. The number of rotatable bonds is 10. The van der Waals surface area contributed by atoms with Crippen LogP contribution in [0.5, 0.6) is 0 Å². The van der Waals surface area contributed by atoms with Crippen molar-refractivity contribution in [1.82, 2.24) is 30.5 Å². The van der Waals surface area contributed by atoms with Gasteiger partial charge in [-0.15, -0.1) is 0 Å². The topological polar surface area (TPSA) is 169 Å². The first-order valence-electron chi connectivity index (χ1n) is 9.51. The van der Waals surface area contributed by atoms with Crippen LogP contribution in [0.15, 0.2) is 18.3 Å². The number of carbonyl (C=O) groups is 4. The number of aromatic amines is 1. The number of aromatic nitrogens is 3. The summed E-state index contributed by atoms with van der Waals surface area (Å²) in [5, 5.41) is 16.9. The Morgan fingerprint density at radius 3 is 2.90 bits per heavy atom. The number of carbonyl (C=O) groups excluding carboxylic acids is 3. The van der Waals surface area contributed by atoms with Gasteiger partial charge in [0.25, 0.3) is 5.91 Å². The van der Waals surface area contributed by atoms with Crippen molar-refractivity contribution < 1.29 is 24.3 Å². The molecule has 12 nitrogen and oxygen atoms in total. The lowest BCUT2D eigenvalue weighted by Gasteiger charge is -2.14. The number of H-pyrrole nitrogens is 1. The van der Waals surface area contributed by atoms with Gasteiger partial charge in [-0.3, -0.25) is 19.3 Å². The summed E-state index contributed by atoms with van der Waals surface area (Å²) in [5.74, 6) is -2.31. The summed E-state index contributed by atoms with van der Waals surface area (Å²) in [6.45, 7) is 1.44. The van der Waals surface area contributed by atoms with Gasteiger partial charge in [0, 0.05) is 19.3 Å². The van der Waals surface area contributed by atoms with Crippen LogP contribution in [0.3, 0.4) is 0 Å². The molecule has 2 atom stereocenters. The lowest BCUT2D eigenvalue weighted by Crippen LogP contribution is -2.42. The van der Waals surface area contributed by atoms with E-state index in [-0.39, 0.29) is 6.54 Å². The van der Waals surface area contributed by atoms with Gasteiger partial charge in [-0.1, -0.05) is 6.92 Å². The van der Waals surface area contributed by atoms with Crippen molar-refractivity contribution in [3.63, 3.8) is 0 Å². The zero-order valence-corrected chi connectivity index (χ0v) is 16.3. The lowest BCUT2D eigenvalue weighted by atomic mass is 10.1. The maximum absolute atomic E-state index is 12.4. The van der Waals surface area contributed by atoms with E-state index in [1.165, 1.54) is 6.92 Å². The van der Waals surface area contributed by atoms with E-state index < -0.39 is 42.3 Å². The Hall–Kier alpha value is -3.70. The molecule has 2 unspecified atom stereocenters. The molecule has 0 bridgehead atoms. The molecule has 1 aliphatic rings. The standard InChI is InChI=1S/C18H23N7O5/c1-10(16(28)29)8-21-13(26)9-25-15(27)12(23-18(25)30)5-3-7-20-17-22-11-4-2-6-19-14(11)24-17/h2,4,6,10,12H,3,5,7-9H2,1H3,(H,21,26)(H,23,30)(H,28,29)(H2,19,20,22,24). The van der Waals surface area contributed by atoms with Gasteiger partial charge < -0.3 is 26.0 Å². The molecule has 4 amide bonds. The van der Waals surface area contributed by atoms with Crippen LogP contribution in [0.2, 0.25) is 0 Å². The smallest absolute Gasteiger partial charge is 0.325 e. The zero-order chi connectivity index (χ0) is 21.7. The molecule has 0 saturated carbocycles. The first kappa shape index (κ1) is 21.0. The predicted octanol–water partition coefficient (Wildman–Crippen LogP) is -0.0927. The third kappa shape index (κ3) is 5.01. The fourth-order valence-electron chi connectivity index (χ4n) is 2.92. The van der Waals surface area contributed by atoms with E-state index in [0.29, 0.717) is 31.0 Å². The van der Waals surface area contributed by atoms with Gasteiger partial charge in [-0.25, -0.2) is 9.78 Å². The number of imidazole rings is 1. The summed E-state index contributed by atoms with van der Waals surface area (Å²) in [5.41, 5.74) is 1.41. The van der Waals surface area contributed by atoms with Crippen LogP contribution < -0.4 is 16.0 Å². The van der Waals surface area contributed by atoms with E-state index in [1.807, 2.05) is 6.07 Å². The summed E-state index contributed by atoms with van der Waals surface area (Å²) in [7, 11) is 0. The maximum Gasteiger partial charge on any atom is 0.325 e. The van der Waals surface area contributed by atoms with Gasteiger partial charge in [0.05, 0.1) is 11.4 Å². The van der Waals surface area contributed by atoms with Gasteiger partial charge in [0.1, 0.15) is 12.6 Å². The first-order valence-corrected chi connectivity index (χ1v) is 9.51. The number of nitrogens with one attached hydrogen (secondary N) is 4. The fraction of sp³-hybridized carbons (Fsp3) is 0.444. The number of pyridine rings is 1. The molecule has 3 rings (SSSR count). The number of aliphatic carboxylic acids is 1. The number of carboxylic acids is 1. The van der Waals surface area contributed by atoms with Crippen LogP contribution in [0.1, 0.15) is 19.8 Å². The van der Waals surface area contributed by atoms with Crippen molar-refractivity contribution in [1.29, 1.82) is 0 Å². The predicted molar refractivity (Wildman–Crippen MR) is 105 cm³/mol. The Kier molecular flexibility index (Phi) is 6.45. The van der Waals surface area contributed by atoms with E-state index in [2.05, 4.69) is 30.9 Å². The van der Waals surface area contributed by atoms with E-state index in [0.717, 1.165) is 10.4 Å². The molecule has 5 N–H and O–H groups in total. The number of hydrogen-bond acceptors (Lipinski definition) is 7. The SMILES string of the molecule is CC(CNC(=O)CN1C(=O)NC(CCCNc2nc3ncccc3[nH]2)C1=O)C(=O)O. The molecule has 1 saturated heterocycles. The minimum atomic E-state index is -1.04. The lowest BCUT2D eigenvalue weighted by molar-refractivity contribution is -0.141. The number of amides is 4. The number of carboxylic acid groups (broad SMARTS) is 1. The summed E-state index contributed by atoms with van der Waals surface area (Å²) in [4.78, 5) is 59.4. The molecule has 2 aromatic rings. The average molecular weight is 417 g/mol.